The predicted octanol–water partition coefficient (Wildman–Crippen LogP) is 9.71. The van der Waals surface area contributed by atoms with E-state index in [0.717, 1.165) is 44.6 Å². The van der Waals surface area contributed by atoms with Gasteiger partial charge in [-0.2, -0.15) is 6.07 Å². The molecule has 45 heavy (non-hydrogen) atoms. The summed E-state index contributed by atoms with van der Waals surface area (Å²) in [6, 6.07) is 35.0. The van der Waals surface area contributed by atoms with Crippen molar-refractivity contribution in [3.05, 3.63) is 114 Å². The van der Waals surface area contributed by atoms with Crippen molar-refractivity contribution in [3.8, 4) is 17.3 Å². The third-order valence-corrected chi connectivity index (χ3v) is 8.32. The van der Waals surface area contributed by atoms with Crippen LogP contribution in [0.1, 0.15) is 56.8 Å². The first-order valence-electron chi connectivity index (χ1n) is 16.5. The smallest absolute Gasteiger partial charge is 0.509 e. The van der Waals surface area contributed by atoms with E-state index in [1.54, 1.807) is 0 Å². The molecule has 0 amide bonds. The first-order valence-corrected chi connectivity index (χ1v) is 15.0. The van der Waals surface area contributed by atoms with Crippen LogP contribution in [0.15, 0.2) is 91.1 Å². The predicted molar refractivity (Wildman–Crippen MR) is 182 cm³/mol. The molecule has 2 aromatic heterocycles. The van der Waals surface area contributed by atoms with E-state index in [1.807, 2.05) is 53.6 Å². The summed E-state index contributed by atoms with van der Waals surface area (Å²) in [5.74, 6) is 1.91. The molecule has 4 aromatic carbocycles. The second kappa shape index (κ2) is 11.4. The largest absolute Gasteiger partial charge is 2.00 e. The van der Waals surface area contributed by atoms with Crippen LogP contribution in [0.4, 0.5) is 17.1 Å². The van der Waals surface area contributed by atoms with Gasteiger partial charge in [0.05, 0.1) is 18.0 Å². The van der Waals surface area contributed by atoms with E-state index < -0.39 is 6.98 Å². The Labute approximate surface area is 284 Å². The van der Waals surface area contributed by atoms with Crippen LogP contribution in [-0.2, 0) is 31.9 Å². The Balaban J connectivity index is 0.00000401. The number of fused-ring (bicyclic) bond motifs is 4. The zero-order valence-electron chi connectivity index (χ0n) is 29.4. The van der Waals surface area contributed by atoms with Crippen molar-refractivity contribution in [3.63, 3.8) is 0 Å². The van der Waals surface area contributed by atoms with Gasteiger partial charge in [0.15, 0.2) is 0 Å². The van der Waals surface area contributed by atoms with Crippen LogP contribution in [-0.4, -0.2) is 23.2 Å². The summed E-state index contributed by atoms with van der Waals surface area (Å²) >= 11 is 0. The Bertz CT molecular complexity index is 2140. The van der Waals surface area contributed by atoms with E-state index in [4.69, 9.17) is 13.8 Å². The number of hydrogen-bond donors (Lipinski definition) is 0. The molecule has 6 aromatic rings. The van der Waals surface area contributed by atoms with Gasteiger partial charge in [0.1, 0.15) is 5.82 Å². The first kappa shape index (κ1) is 27.2. The van der Waals surface area contributed by atoms with Gasteiger partial charge in [-0.1, -0.05) is 88.5 Å². The minimum absolute atomic E-state index is 0. The van der Waals surface area contributed by atoms with Crippen molar-refractivity contribution in [1.29, 1.82) is 0 Å². The van der Waals surface area contributed by atoms with Gasteiger partial charge in [-0.3, -0.25) is 0 Å². The molecular weight excluding hydrogens is 736 g/mol. The van der Waals surface area contributed by atoms with Crippen LogP contribution in [0.3, 0.4) is 0 Å². The Hall–Kier alpha value is -4.08. The normalized spacial score (nSPS) is 14.6. The average Bonchev–Trinajstić information content (AvgIpc) is 3.57. The number of ether oxygens (including phenoxy) is 1. The van der Waals surface area contributed by atoms with Crippen LogP contribution in [0, 0.1) is 12.1 Å². The molecule has 0 radical (unpaired) electrons. The molecule has 0 spiro atoms. The van der Waals surface area contributed by atoms with E-state index >= 15 is 0 Å². The fraction of sp³-hybridized carbons (Fsp3) is 0.256. The maximum absolute atomic E-state index is 8.09. The van der Waals surface area contributed by atoms with E-state index in [9.17, 15) is 0 Å². The molecule has 7 rings (SSSR count). The molecule has 0 bridgehead atoms. The van der Waals surface area contributed by atoms with Crippen LogP contribution in [0.2, 0.25) is 0 Å². The maximum Gasteiger partial charge on any atom is 2.00 e. The molecule has 0 fully saturated rings. The van der Waals surface area contributed by atoms with Crippen LogP contribution < -0.4 is 14.5 Å². The van der Waals surface area contributed by atoms with Gasteiger partial charge in [-0.05, 0) is 52.1 Å². The minimum atomic E-state index is -2.27. The summed E-state index contributed by atoms with van der Waals surface area (Å²) in [6.07, 6.45) is 1.88. The van der Waals surface area contributed by atoms with Crippen molar-refractivity contribution < 1.29 is 29.9 Å². The van der Waals surface area contributed by atoms with Crippen molar-refractivity contribution in [2.75, 3.05) is 23.4 Å². The van der Waals surface area contributed by atoms with Gasteiger partial charge in [-0.15, -0.1) is 35.9 Å². The molecule has 0 aliphatic carbocycles. The van der Waals surface area contributed by atoms with Crippen molar-refractivity contribution >= 4 is 38.9 Å². The number of rotatable bonds is 4. The minimum Gasteiger partial charge on any atom is -0.509 e. The maximum atomic E-state index is 8.09. The summed E-state index contributed by atoms with van der Waals surface area (Å²) in [7, 11) is 0. The van der Waals surface area contributed by atoms with Gasteiger partial charge >= 0.3 is 21.1 Å². The molecule has 1 aliphatic rings. The van der Waals surface area contributed by atoms with E-state index in [0.29, 0.717) is 17.2 Å². The number of anilines is 3. The van der Waals surface area contributed by atoms with Gasteiger partial charge < -0.3 is 19.1 Å². The second-order valence-corrected chi connectivity index (χ2v) is 13.5. The molecule has 230 valence electrons. The monoisotopic (exact) mass is 776 g/mol. The van der Waals surface area contributed by atoms with Crippen LogP contribution in [0.5, 0.6) is 11.5 Å². The number of benzene rings is 4. The van der Waals surface area contributed by atoms with Gasteiger partial charge in [0.25, 0.3) is 0 Å². The summed E-state index contributed by atoms with van der Waals surface area (Å²) in [6.45, 7) is 11.2. The van der Waals surface area contributed by atoms with Crippen LogP contribution in [0.25, 0.3) is 27.6 Å². The third-order valence-electron chi connectivity index (χ3n) is 8.32. The second-order valence-electron chi connectivity index (χ2n) is 13.5. The summed E-state index contributed by atoms with van der Waals surface area (Å²) in [4.78, 5) is 8.23. The Morgan fingerprint density at radius 2 is 1.56 bits per heavy atom. The SMILES string of the molecule is [2H]C([2H])([2H])N1CN(c2[c-]c(Oc3[c-]c4c(c(C(C)(C)C)c3)c3ccccc3n4-c3cc(C(C)(C)C)ccn3)ccc2)c2ccccc21.[Pt+2]. The average molecular weight is 777 g/mol. The molecule has 1 aliphatic heterocycles. The molecule has 0 saturated heterocycles. The summed E-state index contributed by atoms with van der Waals surface area (Å²) in [5, 5.41) is 2.26. The number of hydrogen-bond acceptors (Lipinski definition) is 4. The molecule has 0 saturated carbocycles. The topological polar surface area (TPSA) is 33.5 Å². The standard InChI is InChI=1S/C39H38N4O.Pt/c1-38(2,3)26-19-20-40-36(21-26)43-32-16-9-8-15-30(32)37-31(39(4,5)6)23-29(24-35(37)43)44-28-14-12-13-27(22-28)42-25-41(7)33-17-10-11-18-34(33)42;/h8-21,23H,25H2,1-7H3;/q-2;+2/i7D3;. The number of nitrogens with zero attached hydrogens (tertiary/aromatic N) is 4. The van der Waals surface area contributed by atoms with Crippen LogP contribution >= 0.6 is 0 Å². The molecule has 3 heterocycles. The molecule has 6 heteroatoms. The Morgan fingerprint density at radius 1 is 0.800 bits per heavy atom. The Morgan fingerprint density at radius 3 is 2.31 bits per heavy atom. The quantitative estimate of drug-likeness (QED) is 0.167. The zero-order chi connectivity index (χ0) is 33.3. The van der Waals surface area contributed by atoms with Gasteiger partial charge in [0, 0.05) is 34.3 Å². The van der Waals surface area contributed by atoms with Crippen molar-refractivity contribution in [1.82, 2.24) is 9.55 Å². The van der Waals surface area contributed by atoms with Gasteiger partial charge in [-0.25, -0.2) is 4.98 Å². The van der Waals surface area contributed by atoms with E-state index in [-0.39, 0.29) is 38.6 Å². The molecule has 0 unspecified atom stereocenters. The number of para-hydroxylation sites is 3. The Kier molecular flexibility index (Phi) is 6.89. The van der Waals surface area contributed by atoms with E-state index in [1.165, 1.54) is 10.5 Å². The number of aromatic nitrogens is 2. The molecule has 0 atom stereocenters. The van der Waals surface area contributed by atoms with E-state index in [2.05, 4.69) is 101 Å². The fourth-order valence-electron chi connectivity index (χ4n) is 6.07. The zero-order valence-corrected chi connectivity index (χ0v) is 28.7. The summed E-state index contributed by atoms with van der Waals surface area (Å²) < 4.78 is 33.0. The first-order chi connectivity index (χ1) is 22.2. The third kappa shape index (κ3) is 5.53. The fourth-order valence-corrected chi connectivity index (χ4v) is 6.07. The molecule has 5 nitrogen and oxygen atoms in total. The van der Waals surface area contributed by atoms with Gasteiger partial charge in [0.2, 0.25) is 0 Å². The summed E-state index contributed by atoms with van der Waals surface area (Å²) in [5.41, 5.74) is 6.24. The van der Waals surface area contributed by atoms with Crippen molar-refractivity contribution in [2.24, 2.45) is 0 Å². The van der Waals surface area contributed by atoms with Crippen molar-refractivity contribution in [2.45, 2.75) is 52.4 Å². The number of pyridine rings is 1. The molecule has 0 N–H and O–H groups in total. The molecular formula is C39H38N4OPt.